The number of ether oxygens (including phenoxy) is 1. The Hall–Kier alpha value is -4.39. The topological polar surface area (TPSA) is 84.6 Å². The van der Waals surface area contributed by atoms with Crippen molar-refractivity contribution in [3.05, 3.63) is 89.7 Å². The highest BCUT2D eigenvalue weighted by molar-refractivity contribution is 8.14. The summed E-state index contributed by atoms with van der Waals surface area (Å²) >= 11 is 1.50. The second-order valence-electron chi connectivity index (χ2n) is 10.6. The van der Waals surface area contributed by atoms with Crippen molar-refractivity contribution < 1.29 is 27.1 Å². The highest BCUT2D eigenvalue weighted by Gasteiger charge is 2.31. The van der Waals surface area contributed by atoms with Gasteiger partial charge < -0.3 is 15.0 Å². The number of urea groups is 1. The molecule has 1 aliphatic rings. The van der Waals surface area contributed by atoms with Gasteiger partial charge in [-0.05, 0) is 67.3 Å². The summed E-state index contributed by atoms with van der Waals surface area (Å²) in [6.45, 7) is 6.49. The van der Waals surface area contributed by atoms with Crippen molar-refractivity contribution in [2.24, 2.45) is 4.99 Å². The minimum absolute atomic E-state index is 0.344. The van der Waals surface area contributed by atoms with Crippen molar-refractivity contribution in [2.75, 3.05) is 17.2 Å². The van der Waals surface area contributed by atoms with Crippen LogP contribution in [0.25, 0.3) is 17.1 Å². The molecule has 1 aliphatic heterocycles. The Morgan fingerprint density at radius 3 is 2.53 bits per heavy atom. The molecule has 0 aliphatic carbocycles. The molecule has 45 heavy (non-hydrogen) atoms. The van der Waals surface area contributed by atoms with Crippen LogP contribution in [0.5, 0.6) is 5.75 Å². The van der Waals surface area contributed by atoms with Gasteiger partial charge in [-0.15, -0.1) is 18.3 Å². The molecule has 2 unspecified atom stereocenters. The van der Waals surface area contributed by atoms with Crippen LogP contribution < -0.4 is 15.0 Å². The van der Waals surface area contributed by atoms with Crippen molar-refractivity contribution in [1.29, 1.82) is 0 Å². The first kappa shape index (κ1) is 32.0. The van der Waals surface area contributed by atoms with E-state index in [0.29, 0.717) is 27.8 Å². The first-order valence-electron chi connectivity index (χ1n) is 14.4. The van der Waals surface area contributed by atoms with E-state index in [0.717, 1.165) is 36.4 Å². The first-order valence-corrected chi connectivity index (χ1v) is 15.4. The third kappa shape index (κ3) is 8.01. The predicted molar refractivity (Wildman–Crippen MR) is 168 cm³/mol. The van der Waals surface area contributed by atoms with Crippen LogP contribution in [0.1, 0.15) is 43.1 Å². The Morgan fingerprint density at radius 2 is 1.84 bits per heavy atom. The van der Waals surface area contributed by atoms with Gasteiger partial charge in [0.1, 0.15) is 18.2 Å². The lowest BCUT2D eigenvalue weighted by Gasteiger charge is -2.22. The summed E-state index contributed by atoms with van der Waals surface area (Å²) in [5.74, 6) is 0.803. The number of nitrogens with one attached hydrogen (secondary N) is 1. The molecule has 8 nitrogen and oxygen atoms in total. The molecule has 0 radical (unpaired) electrons. The summed E-state index contributed by atoms with van der Waals surface area (Å²) in [5, 5.41) is 7.64. The lowest BCUT2D eigenvalue weighted by atomic mass is 10.0. The van der Waals surface area contributed by atoms with E-state index in [1.807, 2.05) is 6.92 Å². The highest BCUT2D eigenvalue weighted by Crippen LogP contribution is 2.31. The van der Waals surface area contributed by atoms with Crippen molar-refractivity contribution in [2.45, 2.75) is 52.2 Å². The van der Waals surface area contributed by atoms with E-state index in [9.17, 15) is 18.0 Å². The highest BCUT2D eigenvalue weighted by atomic mass is 32.2. The zero-order valence-electron chi connectivity index (χ0n) is 24.9. The van der Waals surface area contributed by atoms with E-state index < -0.39 is 24.6 Å². The molecule has 13 heteroatoms. The molecule has 0 bridgehead atoms. The van der Waals surface area contributed by atoms with Gasteiger partial charge in [-0.25, -0.2) is 18.9 Å². The normalized spacial score (nSPS) is 15.7. The number of amidine groups is 1. The zero-order chi connectivity index (χ0) is 32.1. The van der Waals surface area contributed by atoms with Gasteiger partial charge in [0.15, 0.2) is 11.0 Å². The van der Waals surface area contributed by atoms with Gasteiger partial charge in [0.25, 0.3) is 0 Å². The fourth-order valence-corrected chi connectivity index (χ4v) is 5.89. The molecular weight excluding hydrogens is 608 g/mol. The van der Waals surface area contributed by atoms with E-state index in [4.69, 9.17) is 0 Å². The number of nitrogens with zero attached hydrogens (tertiary/aromatic N) is 5. The van der Waals surface area contributed by atoms with Crippen molar-refractivity contribution in [3.63, 3.8) is 0 Å². The number of carbonyl (C=O) groups excluding carboxylic acids is 1. The summed E-state index contributed by atoms with van der Waals surface area (Å²) in [7, 11) is 0. The molecular formula is C32H32F4N6O2S. The largest absolute Gasteiger partial charge is 0.573 e. The number of benzene rings is 3. The van der Waals surface area contributed by atoms with E-state index in [2.05, 4.69) is 55.2 Å². The number of aromatic nitrogens is 3. The quantitative estimate of drug-likeness (QED) is 0.188. The molecule has 5 rings (SSSR count). The SMILES string of the molecule is CCCc1ccc(C)cc1N1CCSC1=NC(=O)NC(C)C(F)c1ccc(-c2ncn(-c3ccc(OC(F)(F)F)cc3)n2)cc1. The van der Waals surface area contributed by atoms with E-state index in [1.54, 1.807) is 31.2 Å². The molecule has 3 aromatic carbocycles. The van der Waals surface area contributed by atoms with Gasteiger partial charge in [0.05, 0.1) is 11.7 Å². The number of alkyl halides is 4. The number of hydrogen-bond acceptors (Lipinski definition) is 5. The van der Waals surface area contributed by atoms with Crippen molar-refractivity contribution in [3.8, 4) is 22.8 Å². The van der Waals surface area contributed by atoms with Crippen LogP contribution in [-0.4, -0.2) is 50.7 Å². The number of carbonyl (C=O) groups is 1. The molecule has 4 aromatic rings. The monoisotopic (exact) mass is 640 g/mol. The number of hydrogen-bond donors (Lipinski definition) is 1. The average molecular weight is 641 g/mol. The number of amides is 2. The molecule has 1 saturated heterocycles. The van der Waals surface area contributed by atoms with Crippen molar-refractivity contribution >= 4 is 28.6 Å². The summed E-state index contributed by atoms with van der Waals surface area (Å²) < 4.78 is 58.0. The van der Waals surface area contributed by atoms with Crippen LogP contribution in [0.3, 0.4) is 0 Å². The molecule has 1 aromatic heterocycles. The van der Waals surface area contributed by atoms with E-state index in [-0.39, 0.29) is 5.75 Å². The Balaban J connectivity index is 1.21. The van der Waals surface area contributed by atoms with E-state index >= 15 is 4.39 Å². The minimum Gasteiger partial charge on any atom is -0.406 e. The molecule has 1 N–H and O–H groups in total. The van der Waals surface area contributed by atoms with Gasteiger partial charge in [-0.1, -0.05) is 61.5 Å². The van der Waals surface area contributed by atoms with Gasteiger partial charge in [0, 0.05) is 23.5 Å². The van der Waals surface area contributed by atoms with Crippen LogP contribution in [0, 0.1) is 6.92 Å². The standard InChI is InChI=1S/C32H32F4N6O2S/c1-4-5-22-7-6-20(2)18-27(22)41-16-17-45-31(41)39-30(43)38-21(3)28(33)23-8-10-24(11-9-23)29-37-19-42(40-29)25-12-14-26(15-13-25)44-32(34,35)36/h6-15,18-19,21,28H,4-5,16-17H2,1-3H3,(H,38,43). The number of halogens is 4. The van der Waals surface area contributed by atoms with Crippen LogP contribution in [0.4, 0.5) is 28.0 Å². The minimum atomic E-state index is -4.78. The molecule has 1 fully saturated rings. The molecule has 236 valence electrons. The van der Waals surface area contributed by atoms with Crippen LogP contribution >= 0.6 is 11.8 Å². The molecule has 0 saturated carbocycles. The van der Waals surface area contributed by atoms with Crippen LogP contribution in [-0.2, 0) is 6.42 Å². The summed E-state index contributed by atoms with van der Waals surface area (Å²) in [6, 6.07) is 16.6. The Kier molecular flexibility index (Phi) is 9.76. The molecule has 0 spiro atoms. The van der Waals surface area contributed by atoms with Crippen LogP contribution in [0.2, 0.25) is 0 Å². The molecule has 2 atom stereocenters. The Labute approximate surface area is 262 Å². The third-order valence-electron chi connectivity index (χ3n) is 7.13. The second-order valence-corrected chi connectivity index (χ2v) is 11.7. The first-order chi connectivity index (χ1) is 21.5. The number of thioether (sulfide) groups is 1. The van der Waals surface area contributed by atoms with Crippen molar-refractivity contribution in [1.82, 2.24) is 20.1 Å². The van der Waals surface area contributed by atoms with Gasteiger partial charge >= 0.3 is 12.4 Å². The number of aryl methyl sites for hydroxylation is 2. The number of anilines is 1. The smallest absolute Gasteiger partial charge is 0.406 e. The maximum Gasteiger partial charge on any atom is 0.573 e. The third-order valence-corrected chi connectivity index (χ3v) is 8.09. The molecule has 2 heterocycles. The van der Waals surface area contributed by atoms with E-state index in [1.165, 1.54) is 52.6 Å². The lowest BCUT2D eigenvalue weighted by molar-refractivity contribution is -0.274. The summed E-state index contributed by atoms with van der Waals surface area (Å²) in [6.07, 6.45) is -2.92. The Morgan fingerprint density at radius 1 is 1.11 bits per heavy atom. The fourth-order valence-electron chi connectivity index (χ4n) is 4.94. The zero-order valence-corrected chi connectivity index (χ0v) is 25.7. The lowest BCUT2D eigenvalue weighted by Crippen LogP contribution is -2.35. The number of rotatable bonds is 9. The summed E-state index contributed by atoms with van der Waals surface area (Å²) in [5.41, 5.74) is 4.84. The van der Waals surface area contributed by atoms with Gasteiger partial charge in [-0.2, -0.15) is 4.99 Å². The second kappa shape index (κ2) is 13.7. The van der Waals surface area contributed by atoms with Gasteiger partial charge in [0.2, 0.25) is 0 Å². The summed E-state index contributed by atoms with van der Waals surface area (Å²) in [4.78, 5) is 23.5. The number of aliphatic imine (C=N–C) groups is 1. The maximum atomic E-state index is 15.4. The fraction of sp³-hybridized carbons (Fsp3) is 0.312. The molecule has 2 amide bonds. The Bertz CT molecular complexity index is 1660. The average Bonchev–Trinajstić information content (AvgIpc) is 3.68. The maximum absolute atomic E-state index is 15.4. The van der Waals surface area contributed by atoms with Crippen LogP contribution in [0.15, 0.2) is 78.0 Å². The predicted octanol–water partition coefficient (Wildman–Crippen LogP) is 7.81. The van der Waals surface area contributed by atoms with Gasteiger partial charge in [-0.3, -0.25) is 0 Å².